The van der Waals surface area contributed by atoms with Crippen LogP contribution in [0, 0.1) is 0 Å². The van der Waals surface area contributed by atoms with Gasteiger partial charge in [-0.05, 0) is 0 Å². The van der Waals surface area contributed by atoms with Crippen molar-refractivity contribution in [2.45, 2.75) is 0 Å². The van der Waals surface area contributed by atoms with E-state index < -0.39 is 0 Å². The van der Waals surface area contributed by atoms with Gasteiger partial charge < -0.3 is 0 Å². The third-order valence-corrected chi connectivity index (χ3v) is 0.214. The first-order valence-electron chi connectivity index (χ1n) is 0.475. The third-order valence-electron chi connectivity index (χ3n) is 0.0238. The molecule has 0 aromatic carbocycles. The van der Waals surface area contributed by atoms with Gasteiger partial charge in [-0.15, -0.1) is 8.88 Å². The van der Waals surface area contributed by atoms with Crippen molar-refractivity contribution in [1.82, 2.24) is 0 Å². The van der Waals surface area contributed by atoms with Crippen molar-refractivity contribution < 1.29 is 29.9 Å². The molecule has 5 heteroatoms. The molecule has 0 aliphatic carbocycles. The minimum atomic E-state index is 0. The summed E-state index contributed by atoms with van der Waals surface area (Å²) in [5.41, 5.74) is 0. The van der Waals surface area contributed by atoms with Crippen molar-refractivity contribution in [2.24, 2.45) is 0 Å². The van der Waals surface area contributed by atoms with Crippen molar-refractivity contribution in [1.29, 1.82) is 0 Å². The SMILES string of the molecule is ClOOCl.[W+6]. The Morgan fingerprint density at radius 2 is 1.20 bits per heavy atom. The fraction of sp³-hybridized carbons (Fsp3) is 0. The van der Waals surface area contributed by atoms with Crippen molar-refractivity contribution in [2.75, 3.05) is 0 Å². The Hall–Kier alpha value is 1.19. The number of halogens is 2. The van der Waals surface area contributed by atoms with E-state index in [4.69, 9.17) is 0 Å². The van der Waals surface area contributed by atoms with E-state index in [1.54, 1.807) is 0 Å². The Morgan fingerprint density at radius 3 is 1.20 bits per heavy atom. The molecule has 0 saturated heterocycles. The van der Waals surface area contributed by atoms with Crippen LogP contribution in [0.1, 0.15) is 0 Å². The van der Waals surface area contributed by atoms with Crippen LogP contribution in [0.4, 0.5) is 0 Å². The molecule has 0 aromatic rings. The second-order valence-electron chi connectivity index (χ2n) is 0.126. The zero-order valence-electron chi connectivity index (χ0n) is 1.98. The summed E-state index contributed by atoms with van der Waals surface area (Å²) in [5.74, 6) is 0. The van der Waals surface area contributed by atoms with Crippen LogP contribution in [-0.2, 0) is 29.9 Å². The van der Waals surface area contributed by atoms with Gasteiger partial charge in [0, 0.05) is 0 Å². The van der Waals surface area contributed by atoms with Crippen LogP contribution in [-0.4, -0.2) is 0 Å². The smallest absolute Gasteiger partial charge is 0.102 e. The van der Waals surface area contributed by atoms with E-state index in [9.17, 15) is 0 Å². The fourth-order valence-corrected chi connectivity index (χ4v) is 0. The second-order valence-corrected chi connectivity index (χ2v) is 0.378. The molecule has 0 fully saturated rings. The van der Waals surface area contributed by atoms with Crippen molar-refractivity contribution >= 4 is 23.7 Å². The predicted octanol–water partition coefficient (Wildman–Crippen LogP) is 1.24. The van der Waals surface area contributed by atoms with E-state index in [2.05, 4.69) is 32.6 Å². The van der Waals surface area contributed by atoms with Crippen LogP contribution in [0.5, 0.6) is 0 Å². The number of hydrogen-bond acceptors (Lipinski definition) is 2. The van der Waals surface area contributed by atoms with E-state index >= 15 is 0 Å². The van der Waals surface area contributed by atoms with Crippen molar-refractivity contribution in [3.63, 3.8) is 0 Å². The van der Waals surface area contributed by atoms with Gasteiger partial charge in [0.25, 0.3) is 0 Å². The van der Waals surface area contributed by atoms with E-state index in [0.717, 1.165) is 0 Å². The van der Waals surface area contributed by atoms with Gasteiger partial charge in [0.1, 0.15) is 23.7 Å². The van der Waals surface area contributed by atoms with Gasteiger partial charge >= 0.3 is 21.1 Å². The van der Waals surface area contributed by atoms with Crippen LogP contribution in [0.2, 0.25) is 0 Å². The van der Waals surface area contributed by atoms with E-state index in [1.165, 1.54) is 0 Å². The third kappa shape index (κ3) is 11.0. The second kappa shape index (κ2) is 8.95. The molecule has 0 radical (unpaired) electrons. The molecule has 0 amide bonds. The zero-order chi connectivity index (χ0) is 3.41. The van der Waals surface area contributed by atoms with Crippen molar-refractivity contribution in [3.05, 3.63) is 0 Å². The average Bonchev–Trinajstić information content (AvgIpc) is 1.37. The maximum absolute atomic E-state index is 4.33. The molecule has 0 heterocycles. The minimum absolute atomic E-state index is 0. The first-order valence-corrected chi connectivity index (χ1v) is 1.09. The van der Waals surface area contributed by atoms with Gasteiger partial charge in [-0.3, -0.25) is 0 Å². The van der Waals surface area contributed by atoms with Crippen LogP contribution in [0.15, 0.2) is 0 Å². The number of rotatable bonds is 1. The Kier molecular flexibility index (Phi) is 17.0. The molecular weight excluding hydrogens is 287 g/mol. The van der Waals surface area contributed by atoms with Gasteiger partial charge in [-0.2, -0.15) is 0 Å². The van der Waals surface area contributed by atoms with Crippen LogP contribution in [0.3, 0.4) is 0 Å². The van der Waals surface area contributed by atoms with Crippen LogP contribution in [0.25, 0.3) is 0 Å². The molecule has 0 atom stereocenters. The maximum Gasteiger partial charge on any atom is 6.00 e. The van der Waals surface area contributed by atoms with Gasteiger partial charge in [0.15, 0.2) is 0 Å². The van der Waals surface area contributed by atoms with Gasteiger partial charge in [-0.1, -0.05) is 0 Å². The molecule has 0 unspecified atom stereocenters. The first-order chi connectivity index (χ1) is 1.91. The van der Waals surface area contributed by atoms with Crippen molar-refractivity contribution in [3.8, 4) is 0 Å². The minimum Gasteiger partial charge on any atom is -0.102 e. The van der Waals surface area contributed by atoms with Gasteiger partial charge in [-0.25, -0.2) is 0 Å². The van der Waals surface area contributed by atoms with Gasteiger partial charge in [0.2, 0.25) is 0 Å². The normalized spacial score (nSPS) is 6.00. The summed E-state index contributed by atoms with van der Waals surface area (Å²) >= 11 is 8.66. The largest absolute Gasteiger partial charge is 6.00 e. The molecule has 26 valence electrons. The Balaban J connectivity index is 0. The molecule has 2 nitrogen and oxygen atoms in total. The average molecular weight is 287 g/mol. The molecule has 5 heavy (non-hydrogen) atoms. The quantitative estimate of drug-likeness (QED) is 0.533. The molecule has 0 bridgehead atoms. The summed E-state index contributed by atoms with van der Waals surface area (Å²) in [4.78, 5) is 0. The molecule has 0 spiro atoms. The van der Waals surface area contributed by atoms with Gasteiger partial charge in [0.05, 0.1) is 0 Å². The zero-order valence-corrected chi connectivity index (χ0v) is 6.43. The predicted molar refractivity (Wildman–Crippen MR) is 13.9 cm³/mol. The van der Waals surface area contributed by atoms with Crippen LogP contribution < -0.4 is 0 Å². The number of hydrogen-bond donors (Lipinski definition) is 0. The molecular formula is Cl2O2W+6. The Bertz CT molecular complexity index is 9.61. The standard InChI is InChI=1S/Cl2O2.W/c1-3-4-2;/q;+6. The maximum atomic E-state index is 4.33. The topological polar surface area (TPSA) is 18.5 Å². The molecule has 0 N–H and O–H groups in total. The summed E-state index contributed by atoms with van der Waals surface area (Å²) < 4.78 is 6.56. The molecule has 0 aliphatic heterocycles. The Morgan fingerprint density at radius 1 is 1.00 bits per heavy atom. The molecule has 0 saturated carbocycles. The summed E-state index contributed by atoms with van der Waals surface area (Å²) in [6.45, 7) is 0. The summed E-state index contributed by atoms with van der Waals surface area (Å²) in [6.07, 6.45) is 0. The fourth-order valence-electron chi connectivity index (χ4n) is 0. The monoisotopic (exact) mass is 286 g/mol. The van der Waals surface area contributed by atoms with E-state index in [1.807, 2.05) is 0 Å². The molecule has 0 aliphatic rings. The summed E-state index contributed by atoms with van der Waals surface area (Å²) in [7, 11) is 0. The molecule has 0 rings (SSSR count). The summed E-state index contributed by atoms with van der Waals surface area (Å²) in [5, 5.41) is 0. The first kappa shape index (κ1) is 9.50. The van der Waals surface area contributed by atoms with Crippen LogP contribution >= 0.6 is 23.7 Å². The summed E-state index contributed by atoms with van der Waals surface area (Å²) in [6, 6.07) is 0. The van der Waals surface area contributed by atoms with E-state index in [0.29, 0.717) is 0 Å². The van der Waals surface area contributed by atoms with E-state index in [-0.39, 0.29) is 21.1 Å². The Labute approximate surface area is 53.9 Å². The molecule has 0 aromatic heterocycles.